The molecule has 0 spiro atoms. The molecule has 0 amide bonds. The number of rotatable bonds is 10. The molecular weight excluding hydrogens is 469 g/mol. The third-order valence-electron chi connectivity index (χ3n) is 5.77. The summed E-state index contributed by atoms with van der Waals surface area (Å²) in [6, 6.07) is 23.9. The summed E-state index contributed by atoms with van der Waals surface area (Å²) in [4.78, 5) is 0. The second kappa shape index (κ2) is 11.5. The molecular formula is C28H27Cl2NO3. The lowest BCUT2D eigenvalue weighted by atomic mass is 10.0. The Kier molecular flexibility index (Phi) is 8.17. The van der Waals surface area contributed by atoms with Crippen molar-refractivity contribution >= 4 is 34.0 Å². The fraction of sp³-hybridized carbons (Fsp3) is 0.214. The average molecular weight is 496 g/mol. The van der Waals surface area contributed by atoms with E-state index >= 15 is 0 Å². The zero-order valence-electron chi connectivity index (χ0n) is 19.2. The van der Waals surface area contributed by atoms with Crippen molar-refractivity contribution in [1.29, 1.82) is 0 Å². The van der Waals surface area contributed by atoms with Crippen molar-refractivity contribution in [1.82, 2.24) is 5.32 Å². The minimum absolute atomic E-state index is 0.301. The first-order valence-corrected chi connectivity index (χ1v) is 11.8. The predicted octanol–water partition coefficient (Wildman–Crippen LogP) is 7.08. The van der Waals surface area contributed by atoms with E-state index < -0.39 is 0 Å². The van der Waals surface area contributed by atoms with Crippen molar-refractivity contribution < 1.29 is 14.2 Å². The highest BCUT2D eigenvalue weighted by atomic mass is 35.5. The van der Waals surface area contributed by atoms with Gasteiger partial charge < -0.3 is 19.5 Å². The highest BCUT2D eigenvalue weighted by molar-refractivity contribution is 6.35. The Balaban J connectivity index is 1.48. The summed E-state index contributed by atoms with van der Waals surface area (Å²) < 4.78 is 17.0. The molecule has 6 heteroatoms. The Morgan fingerprint density at radius 2 is 1.47 bits per heavy atom. The zero-order chi connectivity index (χ0) is 23.9. The monoisotopic (exact) mass is 495 g/mol. The third kappa shape index (κ3) is 5.58. The number of ether oxygens (including phenoxy) is 3. The average Bonchev–Trinajstić information content (AvgIpc) is 2.86. The minimum atomic E-state index is 0.301. The van der Waals surface area contributed by atoms with E-state index in [0.717, 1.165) is 46.7 Å². The lowest BCUT2D eigenvalue weighted by Crippen LogP contribution is -2.17. The van der Waals surface area contributed by atoms with Crippen LogP contribution in [0.15, 0.2) is 72.8 Å². The topological polar surface area (TPSA) is 39.7 Å². The third-order valence-corrected chi connectivity index (χ3v) is 6.48. The Morgan fingerprint density at radius 3 is 2.24 bits per heavy atom. The molecule has 4 aromatic rings. The molecule has 0 radical (unpaired) electrons. The zero-order valence-corrected chi connectivity index (χ0v) is 20.7. The molecule has 4 nitrogen and oxygen atoms in total. The fourth-order valence-corrected chi connectivity index (χ4v) is 4.44. The number of fused-ring (bicyclic) bond motifs is 1. The number of methoxy groups -OCH3 is 2. The van der Waals surface area contributed by atoms with Crippen LogP contribution in [0.5, 0.6) is 17.2 Å². The fourth-order valence-electron chi connectivity index (χ4n) is 3.94. The molecule has 0 unspecified atom stereocenters. The van der Waals surface area contributed by atoms with Crippen LogP contribution in [0.1, 0.15) is 16.7 Å². The first-order chi connectivity index (χ1) is 16.6. The van der Waals surface area contributed by atoms with Crippen molar-refractivity contribution in [2.45, 2.75) is 19.6 Å². The van der Waals surface area contributed by atoms with Gasteiger partial charge in [-0.05, 0) is 59.6 Å². The van der Waals surface area contributed by atoms with E-state index in [1.54, 1.807) is 14.2 Å². The van der Waals surface area contributed by atoms with Crippen LogP contribution < -0.4 is 19.5 Å². The van der Waals surface area contributed by atoms with E-state index in [-0.39, 0.29) is 0 Å². The van der Waals surface area contributed by atoms with Crippen molar-refractivity contribution in [3.8, 4) is 17.2 Å². The van der Waals surface area contributed by atoms with E-state index in [2.05, 4.69) is 29.6 Å². The molecule has 0 saturated heterocycles. The molecule has 0 heterocycles. The van der Waals surface area contributed by atoms with Gasteiger partial charge in [-0.2, -0.15) is 0 Å². The van der Waals surface area contributed by atoms with Gasteiger partial charge in [0.25, 0.3) is 0 Å². The number of nitrogens with one attached hydrogen (secondary N) is 1. The molecule has 0 saturated carbocycles. The Morgan fingerprint density at radius 1 is 0.735 bits per heavy atom. The molecule has 4 aromatic carbocycles. The van der Waals surface area contributed by atoms with E-state index in [1.807, 2.05) is 48.5 Å². The molecule has 1 N–H and O–H groups in total. The molecule has 4 rings (SSSR count). The number of hydrogen-bond acceptors (Lipinski definition) is 4. The van der Waals surface area contributed by atoms with Gasteiger partial charge in [0.05, 0.1) is 14.2 Å². The molecule has 0 bridgehead atoms. The largest absolute Gasteiger partial charge is 0.493 e. The molecule has 0 aliphatic rings. The maximum atomic E-state index is 6.34. The summed E-state index contributed by atoms with van der Waals surface area (Å²) in [7, 11) is 3.29. The van der Waals surface area contributed by atoms with Crippen LogP contribution in [0.4, 0.5) is 0 Å². The highest BCUT2D eigenvalue weighted by Gasteiger charge is 2.12. The molecule has 0 atom stereocenters. The van der Waals surface area contributed by atoms with Crippen LogP contribution in [-0.4, -0.2) is 20.8 Å². The second-order valence-electron chi connectivity index (χ2n) is 7.87. The van der Waals surface area contributed by atoms with Crippen LogP contribution in [0.25, 0.3) is 10.8 Å². The standard InChI is InChI=1S/C28H27Cl2NO3/c1-32-27-12-10-19(16-28(27)33-2)14-15-31-17-22-21-7-4-3-6-20(21)11-13-26(22)34-18-23-24(29)8-5-9-25(23)30/h3-13,16,31H,14-15,17-18H2,1-2H3. The van der Waals surface area contributed by atoms with Gasteiger partial charge in [0.15, 0.2) is 11.5 Å². The number of halogens is 2. The van der Waals surface area contributed by atoms with E-state index in [4.69, 9.17) is 37.4 Å². The molecule has 176 valence electrons. The highest BCUT2D eigenvalue weighted by Crippen LogP contribution is 2.31. The van der Waals surface area contributed by atoms with Crippen LogP contribution in [0, 0.1) is 0 Å². The van der Waals surface area contributed by atoms with Crippen LogP contribution in [0.3, 0.4) is 0 Å². The molecule has 34 heavy (non-hydrogen) atoms. The summed E-state index contributed by atoms with van der Waals surface area (Å²) in [6.07, 6.45) is 0.858. The van der Waals surface area contributed by atoms with Crippen molar-refractivity contribution in [3.05, 3.63) is 99.5 Å². The van der Waals surface area contributed by atoms with E-state index in [0.29, 0.717) is 23.2 Å². The van der Waals surface area contributed by atoms with Crippen LogP contribution in [0.2, 0.25) is 10.0 Å². The van der Waals surface area contributed by atoms with Gasteiger partial charge in [0, 0.05) is 27.7 Å². The lowest BCUT2D eigenvalue weighted by molar-refractivity contribution is 0.303. The number of benzene rings is 4. The SMILES string of the molecule is COc1ccc(CCNCc2c(OCc3c(Cl)cccc3Cl)ccc3ccccc23)cc1OC. The number of hydrogen-bond donors (Lipinski definition) is 1. The summed E-state index contributed by atoms with van der Waals surface area (Å²) in [5, 5.41) is 7.09. The van der Waals surface area contributed by atoms with Crippen molar-refractivity contribution in [2.24, 2.45) is 0 Å². The van der Waals surface area contributed by atoms with Crippen molar-refractivity contribution in [3.63, 3.8) is 0 Å². The second-order valence-corrected chi connectivity index (χ2v) is 8.68. The molecule has 0 aromatic heterocycles. The van der Waals surface area contributed by atoms with Gasteiger partial charge in [-0.25, -0.2) is 0 Å². The van der Waals surface area contributed by atoms with Crippen LogP contribution >= 0.6 is 23.2 Å². The molecule has 0 fully saturated rings. The van der Waals surface area contributed by atoms with Crippen LogP contribution in [-0.2, 0) is 19.6 Å². The summed E-state index contributed by atoms with van der Waals surface area (Å²) >= 11 is 12.7. The van der Waals surface area contributed by atoms with Gasteiger partial charge in [-0.15, -0.1) is 0 Å². The van der Waals surface area contributed by atoms with Gasteiger partial charge in [-0.3, -0.25) is 0 Å². The van der Waals surface area contributed by atoms with Crippen molar-refractivity contribution in [2.75, 3.05) is 20.8 Å². The smallest absolute Gasteiger partial charge is 0.160 e. The Labute approximate surface area is 210 Å². The maximum Gasteiger partial charge on any atom is 0.160 e. The Bertz CT molecular complexity index is 1260. The van der Waals surface area contributed by atoms with E-state index in [1.165, 1.54) is 10.9 Å². The normalized spacial score (nSPS) is 10.9. The van der Waals surface area contributed by atoms with E-state index in [9.17, 15) is 0 Å². The minimum Gasteiger partial charge on any atom is -0.493 e. The summed E-state index contributed by atoms with van der Waals surface area (Å²) in [6.45, 7) is 1.77. The molecule has 0 aliphatic carbocycles. The first-order valence-electron chi connectivity index (χ1n) is 11.1. The van der Waals surface area contributed by atoms with Gasteiger partial charge in [-0.1, -0.05) is 65.7 Å². The summed E-state index contributed by atoms with van der Waals surface area (Å²) in [5.74, 6) is 2.28. The summed E-state index contributed by atoms with van der Waals surface area (Å²) in [5.41, 5.74) is 3.06. The van der Waals surface area contributed by atoms with Gasteiger partial charge in [0.1, 0.15) is 12.4 Å². The predicted molar refractivity (Wildman–Crippen MR) is 140 cm³/mol. The quantitative estimate of drug-likeness (QED) is 0.238. The maximum absolute atomic E-state index is 6.34. The first kappa shape index (κ1) is 24.2. The molecule has 0 aliphatic heterocycles. The lowest BCUT2D eigenvalue weighted by Gasteiger charge is -2.16. The van der Waals surface area contributed by atoms with Gasteiger partial charge in [0.2, 0.25) is 0 Å². The van der Waals surface area contributed by atoms with Gasteiger partial charge >= 0.3 is 0 Å². The Hall–Kier alpha value is -2.92.